The van der Waals surface area contributed by atoms with Crippen molar-refractivity contribution in [2.75, 3.05) is 0 Å². The van der Waals surface area contributed by atoms with Gasteiger partial charge in [0.2, 0.25) is 5.91 Å². The lowest BCUT2D eigenvalue weighted by atomic mass is 10.1. The highest BCUT2D eigenvalue weighted by atomic mass is 32.1. The molecule has 106 valence electrons. The van der Waals surface area contributed by atoms with Crippen LogP contribution in [0.4, 0.5) is 0 Å². The van der Waals surface area contributed by atoms with E-state index in [-0.39, 0.29) is 18.4 Å². The molecule has 0 saturated heterocycles. The second-order valence-electron chi connectivity index (χ2n) is 4.54. The predicted octanol–water partition coefficient (Wildman–Crippen LogP) is 0.535. The zero-order valence-corrected chi connectivity index (χ0v) is 12.1. The van der Waals surface area contributed by atoms with Gasteiger partial charge in [0.15, 0.2) is 0 Å². The van der Waals surface area contributed by atoms with Crippen LogP contribution in [0.25, 0.3) is 0 Å². The molecule has 0 radical (unpaired) electrons. The van der Waals surface area contributed by atoms with E-state index in [1.54, 1.807) is 6.07 Å². The number of amides is 1. The van der Waals surface area contributed by atoms with Crippen LogP contribution in [0.5, 0.6) is 0 Å². The highest BCUT2D eigenvalue weighted by Gasteiger charge is 2.12. The van der Waals surface area contributed by atoms with E-state index in [4.69, 9.17) is 0 Å². The first-order valence-corrected chi connectivity index (χ1v) is 6.94. The van der Waals surface area contributed by atoms with E-state index in [2.05, 4.69) is 19.9 Å². The lowest BCUT2D eigenvalue weighted by Gasteiger charge is -2.07. The third kappa shape index (κ3) is 3.47. The summed E-state index contributed by atoms with van der Waals surface area (Å²) in [6.45, 7) is 4.38. The van der Waals surface area contributed by atoms with Gasteiger partial charge in [-0.05, 0) is 23.5 Å². The van der Waals surface area contributed by atoms with Gasteiger partial charge in [0, 0.05) is 12.4 Å². The van der Waals surface area contributed by atoms with Crippen LogP contribution in [0.2, 0.25) is 0 Å². The molecule has 0 spiro atoms. The molecule has 0 aliphatic rings. The van der Waals surface area contributed by atoms with Crippen molar-refractivity contribution in [2.45, 2.75) is 32.9 Å². The fourth-order valence-corrected chi connectivity index (χ4v) is 2.41. The number of hydrogen-bond acceptors (Lipinski definition) is 6. The second kappa shape index (κ2) is 6.38. The van der Waals surface area contributed by atoms with Crippen molar-refractivity contribution in [2.24, 2.45) is 0 Å². The largest absolute Gasteiger partial charge is 0.350 e. The molecule has 0 bridgehead atoms. The summed E-state index contributed by atoms with van der Waals surface area (Å²) in [5.41, 5.74) is 0.457. The highest BCUT2D eigenvalue weighted by molar-refractivity contribution is 7.05. The Morgan fingerprint density at radius 2 is 2.30 bits per heavy atom. The molecule has 0 unspecified atom stereocenters. The Labute approximate surface area is 119 Å². The van der Waals surface area contributed by atoms with Crippen molar-refractivity contribution in [3.8, 4) is 0 Å². The molecule has 0 atom stereocenters. The zero-order valence-electron chi connectivity index (χ0n) is 11.2. The number of aromatic nitrogens is 4. The first kappa shape index (κ1) is 14.3. The molecule has 0 aliphatic carbocycles. The summed E-state index contributed by atoms with van der Waals surface area (Å²) >= 11 is 1.27. The van der Waals surface area contributed by atoms with Gasteiger partial charge in [0.25, 0.3) is 0 Å². The van der Waals surface area contributed by atoms with Crippen LogP contribution in [0, 0.1) is 0 Å². The Bertz CT molecular complexity index is 649. The van der Waals surface area contributed by atoms with Gasteiger partial charge in [0.1, 0.15) is 6.54 Å². The van der Waals surface area contributed by atoms with Crippen molar-refractivity contribution in [1.29, 1.82) is 0 Å². The average Bonchev–Trinajstić information content (AvgIpc) is 2.88. The van der Waals surface area contributed by atoms with E-state index in [0.717, 1.165) is 10.6 Å². The number of rotatable bonds is 5. The summed E-state index contributed by atoms with van der Waals surface area (Å²) < 4.78 is 5.15. The van der Waals surface area contributed by atoms with E-state index in [0.29, 0.717) is 6.54 Å². The van der Waals surface area contributed by atoms with Gasteiger partial charge in [-0.1, -0.05) is 18.3 Å². The Morgan fingerprint density at radius 3 is 3.00 bits per heavy atom. The van der Waals surface area contributed by atoms with Crippen LogP contribution in [-0.2, 0) is 17.9 Å². The van der Waals surface area contributed by atoms with Crippen LogP contribution in [0.3, 0.4) is 0 Å². The first-order valence-electron chi connectivity index (χ1n) is 6.17. The quantitative estimate of drug-likeness (QED) is 0.868. The number of nitrogens with one attached hydrogen (secondary N) is 1. The Morgan fingerprint density at radius 1 is 1.50 bits per heavy atom. The van der Waals surface area contributed by atoms with Gasteiger partial charge in [-0.15, -0.1) is 5.10 Å². The van der Waals surface area contributed by atoms with Crippen LogP contribution in [-0.4, -0.2) is 25.0 Å². The number of hydrogen-bond donors (Lipinski definition) is 1. The van der Waals surface area contributed by atoms with Crippen LogP contribution in [0.1, 0.15) is 30.3 Å². The van der Waals surface area contributed by atoms with E-state index in [1.165, 1.54) is 28.5 Å². The Balaban J connectivity index is 1.94. The molecule has 0 aromatic carbocycles. The minimum Gasteiger partial charge on any atom is -0.350 e. The Hall–Kier alpha value is -2.09. The summed E-state index contributed by atoms with van der Waals surface area (Å²) in [5, 5.41) is 6.80. The van der Waals surface area contributed by atoms with Crippen molar-refractivity contribution in [3.63, 3.8) is 0 Å². The van der Waals surface area contributed by atoms with E-state index in [9.17, 15) is 9.59 Å². The first-order chi connectivity index (χ1) is 9.58. The number of carbonyl (C=O) groups is 1. The van der Waals surface area contributed by atoms with Gasteiger partial charge in [0.05, 0.1) is 17.1 Å². The van der Waals surface area contributed by atoms with Gasteiger partial charge in [-0.2, -0.15) is 0 Å². The van der Waals surface area contributed by atoms with E-state index >= 15 is 0 Å². The lowest BCUT2D eigenvalue weighted by molar-refractivity contribution is -0.121. The molecule has 0 saturated carbocycles. The monoisotopic (exact) mass is 293 g/mol. The summed E-state index contributed by atoms with van der Waals surface area (Å²) in [5.74, 6) is 0.0183. The van der Waals surface area contributed by atoms with Crippen molar-refractivity contribution >= 4 is 17.4 Å². The van der Waals surface area contributed by atoms with E-state index in [1.807, 2.05) is 13.8 Å². The van der Waals surface area contributed by atoms with Crippen molar-refractivity contribution < 1.29 is 4.79 Å². The molecule has 2 rings (SSSR count). The summed E-state index contributed by atoms with van der Waals surface area (Å²) in [6.07, 6.45) is 2.93. The van der Waals surface area contributed by atoms with Crippen molar-refractivity contribution in [1.82, 2.24) is 24.5 Å². The van der Waals surface area contributed by atoms with Crippen molar-refractivity contribution in [3.05, 3.63) is 39.5 Å². The minimum absolute atomic E-state index is 0.0457. The minimum atomic E-state index is -0.440. The predicted molar refractivity (Wildman–Crippen MR) is 74.3 cm³/mol. The summed E-state index contributed by atoms with van der Waals surface area (Å²) in [4.78, 5) is 27.7. The maximum atomic E-state index is 11.8. The normalized spacial score (nSPS) is 10.8. The maximum absolute atomic E-state index is 11.8. The van der Waals surface area contributed by atoms with Gasteiger partial charge in [-0.25, -0.2) is 9.78 Å². The molecule has 8 heteroatoms. The number of nitrogens with zero attached hydrogens (tertiary/aromatic N) is 4. The molecule has 1 amide bonds. The molecule has 0 aliphatic heterocycles. The second-order valence-corrected chi connectivity index (χ2v) is 5.38. The van der Waals surface area contributed by atoms with Crippen LogP contribution in [0.15, 0.2) is 23.3 Å². The molecular weight excluding hydrogens is 278 g/mol. The molecular formula is C12H15N5O2S. The molecule has 7 nitrogen and oxygen atoms in total. The van der Waals surface area contributed by atoms with Crippen LogP contribution >= 0.6 is 11.5 Å². The zero-order chi connectivity index (χ0) is 14.5. The highest BCUT2D eigenvalue weighted by Crippen LogP contribution is 2.19. The smallest absolute Gasteiger partial charge is 0.347 e. The summed E-state index contributed by atoms with van der Waals surface area (Å²) in [6, 6.07) is 1.61. The van der Waals surface area contributed by atoms with Gasteiger partial charge >= 0.3 is 5.69 Å². The van der Waals surface area contributed by atoms with Gasteiger partial charge < -0.3 is 5.32 Å². The number of carbonyl (C=O) groups excluding carboxylic acids is 1. The molecule has 2 heterocycles. The SMILES string of the molecule is CC(C)c1nnsc1CNC(=O)Cn1cccnc1=O. The third-order valence-corrected chi connectivity index (χ3v) is 3.41. The molecule has 2 aromatic rings. The fourth-order valence-electron chi connectivity index (χ4n) is 1.67. The average molecular weight is 293 g/mol. The van der Waals surface area contributed by atoms with Crippen LogP contribution < -0.4 is 11.0 Å². The standard InChI is InChI=1S/C12H15N5O2S/c1-8(2)11-9(20-16-15-11)6-14-10(18)7-17-5-3-4-13-12(17)19/h3-5,8H,6-7H2,1-2H3,(H,14,18). The maximum Gasteiger partial charge on any atom is 0.347 e. The molecule has 0 fully saturated rings. The van der Waals surface area contributed by atoms with E-state index < -0.39 is 5.69 Å². The molecule has 1 N–H and O–H groups in total. The lowest BCUT2D eigenvalue weighted by Crippen LogP contribution is -2.32. The fraction of sp³-hybridized carbons (Fsp3) is 0.417. The molecule has 2 aromatic heterocycles. The summed E-state index contributed by atoms with van der Waals surface area (Å²) in [7, 11) is 0. The topological polar surface area (TPSA) is 89.8 Å². The third-order valence-electron chi connectivity index (χ3n) is 2.67. The Kier molecular flexibility index (Phi) is 4.57. The van der Waals surface area contributed by atoms with Gasteiger partial charge in [-0.3, -0.25) is 9.36 Å². The molecule has 20 heavy (non-hydrogen) atoms.